The average Bonchev–Trinajstić information content (AvgIpc) is 3.13. The second-order valence-electron chi connectivity index (χ2n) is 6.86. The number of nitrogens with one attached hydrogen (secondary N) is 2. The normalized spacial score (nSPS) is 29.0. The van der Waals surface area contributed by atoms with Crippen molar-refractivity contribution in [2.75, 3.05) is 6.54 Å². The van der Waals surface area contributed by atoms with Gasteiger partial charge in [0.25, 0.3) is 0 Å². The van der Waals surface area contributed by atoms with Crippen molar-refractivity contribution in [3.05, 3.63) is 29.1 Å². The Labute approximate surface area is 136 Å². The van der Waals surface area contributed by atoms with Crippen LogP contribution in [0.3, 0.4) is 0 Å². The molecule has 3 aliphatic rings. The number of aromatic nitrogens is 1. The Morgan fingerprint density at radius 2 is 2.09 bits per heavy atom. The Bertz CT molecular complexity index is 623. The SMILES string of the molecule is NC1=NC(N)(c2cnc3c(c2)CN(C2CCCC2)CCC3)NN1. The number of hydrogen-bond donors (Lipinski definition) is 4. The minimum absolute atomic E-state index is 0.301. The predicted octanol–water partition coefficient (Wildman–Crippen LogP) is 0.264. The minimum Gasteiger partial charge on any atom is -0.369 e. The van der Waals surface area contributed by atoms with E-state index < -0.39 is 5.79 Å². The van der Waals surface area contributed by atoms with Crippen LogP contribution in [0.15, 0.2) is 17.3 Å². The van der Waals surface area contributed by atoms with Gasteiger partial charge in [0.1, 0.15) is 0 Å². The Morgan fingerprint density at radius 3 is 2.83 bits per heavy atom. The van der Waals surface area contributed by atoms with Gasteiger partial charge in [-0.15, -0.1) is 0 Å². The van der Waals surface area contributed by atoms with Gasteiger partial charge in [0.2, 0.25) is 11.7 Å². The van der Waals surface area contributed by atoms with Crippen LogP contribution in [0.5, 0.6) is 0 Å². The molecule has 0 saturated heterocycles. The van der Waals surface area contributed by atoms with Crippen LogP contribution >= 0.6 is 0 Å². The molecule has 1 unspecified atom stereocenters. The molecule has 2 aliphatic heterocycles. The van der Waals surface area contributed by atoms with Gasteiger partial charge in [-0.1, -0.05) is 12.8 Å². The van der Waals surface area contributed by atoms with Gasteiger partial charge >= 0.3 is 0 Å². The number of hydrogen-bond acceptors (Lipinski definition) is 7. The summed E-state index contributed by atoms with van der Waals surface area (Å²) < 4.78 is 0. The molecule has 23 heavy (non-hydrogen) atoms. The minimum atomic E-state index is -1.03. The van der Waals surface area contributed by atoms with Gasteiger partial charge in [-0.2, -0.15) is 5.43 Å². The first kappa shape index (κ1) is 14.9. The fraction of sp³-hybridized carbons (Fsp3) is 0.625. The quantitative estimate of drug-likeness (QED) is 0.624. The number of hydrazine groups is 1. The third-order valence-corrected chi connectivity index (χ3v) is 5.25. The fourth-order valence-electron chi connectivity index (χ4n) is 3.98. The highest BCUT2D eigenvalue weighted by Gasteiger charge is 2.33. The summed E-state index contributed by atoms with van der Waals surface area (Å²) in [5.41, 5.74) is 21.0. The van der Waals surface area contributed by atoms with Crippen molar-refractivity contribution in [1.82, 2.24) is 20.7 Å². The summed E-state index contributed by atoms with van der Waals surface area (Å²) >= 11 is 0. The first-order valence-corrected chi connectivity index (χ1v) is 8.54. The third-order valence-electron chi connectivity index (χ3n) is 5.25. The first-order valence-electron chi connectivity index (χ1n) is 8.54. The van der Waals surface area contributed by atoms with Crippen LogP contribution in [0.4, 0.5) is 0 Å². The lowest BCUT2D eigenvalue weighted by Crippen LogP contribution is -2.50. The van der Waals surface area contributed by atoms with E-state index in [1.165, 1.54) is 43.4 Å². The molecule has 4 rings (SSSR count). The van der Waals surface area contributed by atoms with Gasteiger partial charge in [-0.05, 0) is 43.9 Å². The van der Waals surface area contributed by atoms with E-state index in [0.29, 0.717) is 5.96 Å². The summed E-state index contributed by atoms with van der Waals surface area (Å²) in [6, 6.07) is 2.88. The highest BCUT2D eigenvalue weighted by Crippen LogP contribution is 2.29. The Balaban J connectivity index is 1.62. The molecular weight excluding hydrogens is 290 g/mol. The zero-order valence-electron chi connectivity index (χ0n) is 13.4. The predicted molar refractivity (Wildman–Crippen MR) is 89.0 cm³/mol. The summed E-state index contributed by atoms with van der Waals surface area (Å²) in [4.78, 5) is 11.6. The average molecular weight is 315 g/mol. The molecule has 1 saturated carbocycles. The first-order chi connectivity index (χ1) is 11.1. The molecule has 0 amide bonds. The molecule has 1 atom stereocenters. The second kappa shape index (κ2) is 5.74. The van der Waals surface area contributed by atoms with Crippen molar-refractivity contribution >= 4 is 5.96 Å². The monoisotopic (exact) mass is 315 g/mol. The van der Waals surface area contributed by atoms with E-state index in [0.717, 1.165) is 31.1 Å². The van der Waals surface area contributed by atoms with Crippen LogP contribution in [-0.2, 0) is 18.8 Å². The maximum absolute atomic E-state index is 6.31. The van der Waals surface area contributed by atoms with Crippen LogP contribution in [0.25, 0.3) is 0 Å². The van der Waals surface area contributed by atoms with E-state index in [4.69, 9.17) is 11.5 Å². The van der Waals surface area contributed by atoms with Crippen LogP contribution in [-0.4, -0.2) is 28.4 Å². The summed E-state index contributed by atoms with van der Waals surface area (Å²) in [6.45, 7) is 2.12. The molecule has 0 radical (unpaired) electrons. The zero-order chi connectivity index (χ0) is 15.9. The molecule has 124 valence electrons. The molecule has 0 spiro atoms. The van der Waals surface area contributed by atoms with Crippen molar-refractivity contribution in [3.8, 4) is 0 Å². The number of nitrogens with zero attached hydrogens (tertiary/aromatic N) is 3. The van der Waals surface area contributed by atoms with Gasteiger partial charge in [-0.3, -0.25) is 21.0 Å². The Morgan fingerprint density at radius 1 is 1.26 bits per heavy atom. The van der Waals surface area contributed by atoms with Gasteiger partial charge in [-0.25, -0.2) is 4.99 Å². The maximum atomic E-state index is 6.31. The third kappa shape index (κ3) is 2.80. The molecule has 0 bridgehead atoms. The Kier molecular flexibility index (Phi) is 3.71. The van der Waals surface area contributed by atoms with Crippen molar-refractivity contribution in [3.63, 3.8) is 0 Å². The lowest BCUT2D eigenvalue weighted by molar-refractivity contribution is 0.192. The van der Waals surface area contributed by atoms with Crippen LogP contribution in [0.1, 0.15) is 48.9 Å². The maximum Gasteiger partial charge on any atom is 0.210 e. The van der Waals surface area contributed by atoms with E-state index in [1.54, 1.807) is 0 Å². The highest BCUT2D eigenvalue weighted by atomic mass is 15.6. The lowest BCUT2D eigenvalue weighted by atomic mass is 10.0. The van der Waals surface area contributed by atoms with E-state index in [9.17, 15) is 0 Å². The lowest BCUT2D eigenvalue weighted by Gasteiger charge is -2.28. The number of nitrogens with two attached hydrogens (primary N) is 2. The Hall–Kier alpha value is -1.70. The number of rotatable bonds is 2. The van der Waals surface area contributed by atoms with Crippen LogP contribution in [0.2, 0.25) is 0 Å². The number of fused-ring (bicyclic) bond motifs is 1. The van der Waals surface area contributed by atoms with Gasteiger partial charge in [0.15, 0.2) is 0 Å². The molecule has 7 nitrogen and oxygen atoms in total. The molecule has 0 aromatic carbocycles. The summed E-state index contributed by atoms with van der Waals surface area (Å²) in [5.74, 6) is -0.730. The molecule has 3 heterocycles. The number of aryl methyl sites for hydroxylation is 1. The molecule has 6 N–H and O–H groups in total. The van der Waals surface area contributed by atoms with E-state index in [1.807, 2.05) is 6.20 Å². The van der Waals surface area contributed by atoms with E-state index >= 15 is 0 Å². The van der Waals surface area contributed by atoms with Crippen LogP contribution in [0, 0.1) is 0 Å². The molecular formula is C16H25N7. The summed E-state index contributed by atoms with van der Waals surface area (Å²) in [7, 11) is 0. The summed E-state index contributed by atoms with van der Waals surface area (Å²) in [5, 5.41) is 0. The van der Waals surface area contributed by atoms with Crippen molar-refractivity contribution in [1.29, 1.82) is 0 Å². The van der Waals surface area contributed by atoms with Gasteiger partial charge in [0, 0.05) is 30.0 Å². The van der Waals surface area contributed by atoms with Crippen molar-refractivity contribution in [2.24, 2.45) is 16.5 Å². The number of aliphatic imine (C=N–C) groups is 1. The van der Waals surface area contributed by atoms with Gasteiger partial charge in [0.05, 0.1) is 0 Å². The van der Waals surface area contributed by atoms with E-state index in [-0.39, 0.29) is 0 Å². The van der Waals surface area contributed by atoms with Crippen molar-refractivity contribution in [2.45, 2.75) is 56.9 Å². The van der Waals surface area contributed by atoms with Gasteiger partial charge < -0.3 is 5.73 Å². The largest absolute Gasteiger partial charge is 0.369 e. The molecule has 1 fully saturated rings. The number of pyridine rings is 1. The molecule has 7 heteroatoms. The number of guanidine groups is 1. The standard InChI is InChI=1S/C16H25N7/c17-15-20-16(18,22-21-15)12-8-11-10-23(13-4-1-2-5-13)7-3-6-14(11)19-9-12/h8-9,13,22H,1-7,10,18H2,(H3,17,20,21). The topological polar surface area (TPSA) is 105 Å². The molecule has 1 aliphatic carbocycles. The second-order valence-corrected chi connectivity index (χ2v) is 6.86. The fourth-order valence-corrected chi connectivity index (χ4v) is 3.98. The zero-order valence-corrected chi connectivity index (χ0v) is 13.4. The molecule has 1 aromatic rings. The van der Waals surface area contributed by atoms with E-state index in [2.05, 4.69) is 31.8 Å². The molecule has 1 aromatic heterocycles. The summed E-state index contributed by atoms with van der Waals surface area (Å²) in [6.07, 6.45) is 9.41. The highest BCUT2D eigenvalue weighted by molar-refractivity contribution is 5.79. The van der Waals surface area contributed by atoms with Crippen LogP contribution < -0.4 is 22.3 Å². The smallest absolute Gasteiger partial charge is 0.210 e. The van der Waals surface area contributed by atoms with Crippen molar-refractivity contribution < 1.29 is 0 Å².